The van der Waals surface area contributed by atoms with E-state index in [4.69, 9.17) is 0 Å². The normalized spacial score (nSPS) is 11.3. The van der Waals surface area contributed by atoms with Crippen LogP contribution in [0.3, 0.4) is 0 Å². The highest BCUT2D eigenvalue weighted by Crippen LogP contribution is 2.40. The van der Waals surface area contributed by atoms with Crippen molar-refractivity contribution >= 4 is 5.78 Å². The molecule has 1 aromatic heterocycles. The summed E-state index contributed by atoms with van der Waals surface area (Å²) >= 11 is 0. The zero-order valence-corrected chi connectivity index (χ0v) is 18.2. The molecular formula is C30H24N2O. The van der Waals surface area contributed by atoms with E-state index in [0.29, 0.717) is 12.1 Å². The van der Waals surface area contributed by atoms with Crippen LogP contribution in [0.5, 0.6) is 0 Å². The van der Waals surface area contributed by atoms with Crippen molar-refractivity contribution in [3.63, 3.8) is 0 Å². The lowest BCUT2D eigenvalue weighted by molar-refractivity contribution is 0.0988. The summed E-state index contributed by atoms with van der Waals surface area (Å²) in [4.78, 5) is 17.7. The van der Waals surface area contributed by atoms with E-state index < -0.39 is 5.54 Å². The molecule has 5 rings (SSSR count). The van der Waals surface area contributed by atoms with E-state index >= 15 is 0 Å². The van der Waals surface area contributed by atoms with Crippen LogP contribution in [0.2, 0.25) is 0 Å². The van der Waals surface area contributed by atoms with Gasteiger partial charge in [0, 0.05) is 12.6 Å². The van der Waals surface area contributed by atoms with Gasteiger partial charge in [0.05, 0.1) is 6.33 Å². The molecule has 0 spiro atoms. The number of nitrogens with zero attached hydrogens (tertiary/aromatic N) is 2. The van der Waals surface area contributed by atoms with Gasteiger partial charge in [-0.1, -0.05) is 121 Å². The summed E-state index contributed by atoms with van der Waals surface area (Å²) in [6.07, 6.45) is 4.00. The highest BCUT2D eigenvalue weighted by molar-refractivity contribution is 5.95. The standard InChI is InChI=1S/C30H24N2O/c33-29(21-24-13-5-1-6-14-24)28-22-32(23-31-28)30(25-15-7-2-8-16-25,26-17-9-3-10-18-26)27-19-11-4-12-20-27/h1-20,22-23H,21H2. The lowest BCUT2D eigenvalue weighted by Gasteiger charge is -2.37. The van der Waals surface area contributed by atoms with Gasteiger partial charge in [-0.15, -0.1) is 0 Å². The summed E-state index contributed by atoms with van der Waals surface area (Å²) in [6.45, 7) is 0. The number of benzene rings is 4. The van der Waals surface area contributed by atoms with E-state index in [0.717, 1.165) is 22.3 Å². The highest BCUT2D eigenvalue weighted by atomic mass is 16.1. The Kier molecular flexibility index (Phi) is 5.69. The molecule has 3 heteroatoms. The first-order chi connectivity index (χ1) is 16.3. The molecule has 0 saturated carbocycles. The van der Waals surface area contributed by atoms with Gasteiger partial charge < -0.3 is 4.57 Å². The van der Waals surface area contributed by atoms with Crippen LogP contribution in [0.15, 0.2) is 134 Å². The molecule has 0 bridgehead atoms. The lowest BCUT2D eigenvalue weighted by atomic mass is 9.77. The van der Waals surface area contributed by atoms with Crippen LogP contribution in [0.25, 0.3) is 0 Å². The minimum absolute atomic E-state index is 0.00281. The van der Waals surface area contributed by atoms with E-state index in [1.165, 1.54) is 0 Å². The Morgan fingerprint density at radius 1 is 0.636 bits per heavy atom. The average molecular weight is 429 g/mol. The Bertz CT molecular complexity index is 1230. The smallest absolute Gasteiger partial charge is 0.187 e. The fourth-order valence-corrected chi connectivity index (χ4v) is 4.51. The largest absolute Gasteiger partial charge is 0.318 e. The van der Waals surface area contributed by atoms with Gasteiger partial charge in [0.25, 0.3) is 0 Å². The van der Waals surface area contributed by atoms with Crippen molar-refractivity contribution in [2.75, 3.05) is 0 Å². The number of carbonyl (C=O) groups is 1. The predicted molar refractivity (Wildman–Crippen MR) is 131 cm³/mol. The van der Waals surface area contributed by atoms with E-state index in [9.17, 15) is 4.79 Å². The molecule has 0 saturated heterocycles. The molecule has 0 aliphatic rings. The Balaban J connectivity index is 1.68. The minimum Gasteiger partial charge on any atom is -0.318 e. The molecule has 0 aliphatic heterocycles. The summed E-state index contributed by atoms with van der Waals surface area (Å²) in [5.74, 6) is 0.00281. The topological polar surface area (TPSA) is 34.9 Å². The van der Waals surface area contributed by atoms with Crippen molar-refractivity contribution in [1.29, 1.82) is 0 Å². The molecule has 0 radical (unpaired) electrons. The van der Waals surface area contributed by atoms with Crippen molar-refractivity contribution < 1.29 is 4.79 Å². The second-order valence-corrected chi connectivity index (χ2v) is 8.06. The Hall–Kier alpha value is -4.24. The van der Waals surface area contributed by atoms with Gasteiger partial charge in [0.15, 0.2) is 5.78 Å². The van der Waals surface area contributed by atoms with Crippen molar-refractivity contribution in [3.05, 3.63) is 162 Å². The Labute approximate surface area is 194 Å². The van der Waals surface area contributed by atoms with Crippen molar-refractivity contribution in [3.8, 4) is 0 Å². The molecule has 0 aliphatic carbocycles. The maximum atomic E-state index is 13.1. The minimum atomic E-state index is -0.665. The summed E-state index contributed by atoms with van der Waals surface area (Å²) in [7, 11) is 0. The summed E-state index contributed by atoms with van der Waals surface area (Å²) in [5, 5.41) is 0. The van der Waals surface area contributed by atoms with Crippen LogP contribution in [-0.2, 0) is 12.0 Å². The van der Waals surface area contributed by atoms with E-state index in [-0.39, 0.29) is 5.78 Å². The Morgan fingerprint density at radius 3 is 1.52 bits per heavy atom. The third-order valence-electron chi connectivity index (χ3n) is 6.04. The number of imidazole rings is 1. The molecular weight excluding hydrogens is 404 g/mol. The molecule has 3 nitrogen and oxygen atoms in total. The summed E-state index contributed by atoms with van der Waals surface area (Å²) in [5.41, 5.74) is 4.08. The molecule has 0 fully saturated rings. The van der Waals surface area contributed by atoms with E-state index in [1.54, 1.807) is 6.33 Å². The fourth-order valence-electron chi connectivity index (χ4n) is 4.51. The van der Waals surface area contributed by atoms with Crippen molar-refractivity contribution in [2.24, 2.45) is 0 Å². The van der Waals surface area contributed by atoms with Crippen LogP contribution >= 0.6 is 0 Å². The average Bonchev–Trinajstić information content (AvgIpc) is 3.38. The van der Waals surface area contributed by atoms with Crippen molar-refractivity contribution in [1.82, 2.24) is 9.55 Å². The predicted octanol–water partition coefficient (Wildman–Crippen LogP) is 6.15. The van der Waals surface area contributed by atoms with Gasteiger partial charge in [-0.2, -0.15) is 0 Å². The maximum absolute atomic E-state index is 13.1. The quantitative estimate of drug-likeness (QED) is 0.230. The molecule has 0 atom stereocenters. The highest BCUT2D eigenvalue weighted by Gasteiger charge is 2.38. The van der Waals surface area contributed by atoms with Gasteiger partial charge >= 0.3 is 0 Å². The summed E-state index contributed by atoms with van der Waals surface area (Å²) in [6, 6.07) is 40.9. The molecule has 1 heterocycles. The van der Waals surface area contributed by atoms with Gasteiger partial charge in [-0.25, -0.2) is 4.98 Å². The van der Waals surface area contributed by atoms with E-state index in [1.807, 2.05) is 91.1 Å². The van der Waals surface area contributed by atoms with Gasteiger partial charge in [-0.05, 0) is 22.3 Å². The second kappa shape index (κ2) is 9.09. The molecule has 0 N–H and O–H groups in total. The number of rotatable bonds is 7. The third-order valence-corrected chi connectivity index (χ3v) is 6.04. The van der Waals surface area contributed by atoms with Crippen LogP contribution in [0.4, 0.5) is 0 Å². The van der Waals surface area contributed by atoms with Crippen LogP contribution in [0, 0.1) is 0 Å². The molecule has 0 amide bonds. The zero-order valence-electron chi connectivity index (χ0n) is 18.2. The first kappa shape index (κ1) is 20.7. The molecule has 160 valence electrons. The fraction of sp³-hybridized carbons (Fsp3) is 0.0667. The molecule has 0 unspecified atom stereocenters. The zero-order chi connectivity index (χ0) is 22.5. The van der Waals surface area contributed by atoms with Crippen molar-refractivity contribution in [2.45, 2.75) is 12.0 Å². The van der Waals surface area contributed by atoms with Gasteiger partial charge in [-0.3, -0.25) is 4.79 Å². The maximum Gasteiger partial charge on any atom is 0.187 e. The Morgan fingerprint density at radius 2 is 1.06 bits per heavy atom. The monoisotopic (exact) mass is 428 g/mol. The number of ketones is 1. The second-order valence-electron chi connectivity index (χ2n) is 8.06. The van der Waals surface area contributed by atoms with Crippen LogP contribution in [-0.4, -0.2) is 15.3 Å². The van der Waals surface area contributed by atoms with E-state index in [2.05, 4.69) is 45.9 Å². The number of hydrogen-bond acceptors (Lipinski definition) is 2. The number of hydrogen-bond donors (Lipinski definition) is 0. The first-order valence-corrected chi connectivity index (χ1v) is 11.1. The lowest BCUT2D eigenvalue weighted by Crippen LogP contribution is -2.37. The number of carbonyl (C=O) groups excluding carboxylic acids is 1. The van der Waals surface area contributed by atoms with Crippen LogP contribution in [0.1, 0.15) is 32.7 Å². The number of Topliss-reactive ketones (excluding diaryl/α,β-unsaturated/α-hetero) is 1. The van der Waals surface area contributed by atoms with Gasteiger partial charge in [0.2, 0.25) is 0 Å². The molecule has 4 aromatic carbocycles. The SMILES string of the molecule is O=C(Cc1ccccc1)c1cn(C(c2ccccc2)(c2ccccc2)c2ccccc2)cn1. The summed E-state index contributed by atoms with van der Waals surface area (Å²) < 4.78 is 2.07. The molecule has 5 aromatic rings. The van der Waals surface area contributed by atoms with Gasteiger partial charge in [0.1, 0.15) is 11.2 Å². The molecule has 33 heavy (non-hydrogen) atoms. The third kappa shape index (κ3) is 3.90. The van der Waals surface area contributed by atoms with Crippen LogP contribution < -0.4 is 0 Å². The first-order valence-electron chi connectivity index (χ1n) is 11.1. The number of aromatic nitrogens is 2.